The Kier molecular flexibility index (Phi) is 3.42. The van der Waals surface area contributed by atoms with Gasteiger partial charge in [-0.15, -0.1) is 0 Å². The first-order chi connectivity index (χ1) is 7.70. The fraction of sp³-hybridized carbons (Fsp3) is 0.538. The van der Waals surface area contributed by atoms with Crippen LogP contribution in [0, 0.1) is 5.92 Å². The molecule has 1 aromatic carbocycles. The van der Waals surface area contributed by atoms with Gasteiger partial charge in [-0.25, -0.2) is 8.78 Å². The Hall–Kier alpha value is -1.12. The molecule has 0 amide bonds. The lowest BCUT2D eigenvalue weighted by Crippen LogP contribution is -2.24. The average molecular weight is 225 g/mol. The van der Waals surface area contributed by atoms with Gasteiger partial charge in [0, 0.05) is 11.6 Å². The van der Waals surface area contributed by atoms with Gasteiger partial charge >= 0.3 is 0 Å². The van der Waals surface area contributed by atoms with Crippen LogP contribution in [0.15, 0.2) is 24.3 Å². The molecule has 1 aliphatic rings. The first-order valence-electron chi connectivity index (χ1n) is 5.82. The summed E-state index contributed by atoms with van der Waals surface area (Å²) in [7, 11) is 0. The van der Waals surface area contributed by atoms with Crippen molar-refractivity contribution < 1.29 is 8.78 Å². The van der Waals surface area contributed by atoms with Crippen LogP contribution in [-0.4, -0.2) is 6.43 Å². The van der Waals surface area contributed by atoms with E-state index >= 15 is 0 Å². The van der Waals surface area contributed by atoms with Crippen LogP contribution in [0.1, 0.15) is 37.2 Å². The maximum atomic E-state index is 12.9. The van der Waals surface area contributed by atoms with Gasteiger partial charge in [0.15, 0.2) is 0 Å². The third-order valence-electron chi connectivity index (χ3n) is 3.54. The highest BCUT2D eigenvalue weighted by Gasteiger charge is 2.33. The zero-order valence-corrected chi connectivity index (χ0v) is 9.20. The van der Waals surface area contributed by atoms with Gasteiger partial charge in [-0.3, -0.25) is 0 Å². The predicted octanol–water partition coefficient (Wildman–Crippen LogP) is 3.81. The minimum atomic E-state index is -2.23. The molecule has 3 heteroatoms. The summed E-state index contributed by atoms with van der Waals surface area (Å²) >= 11 is 0. The standard InChI is InChI=1S/C13H17F2N/c14-13(15)11-7-2-1-5-9(11)10-6-3-4-8-12(10)16/h3-4,6,8-9,11,13H,1-2,5,7,16H2. The molecule has 0 heterocycles. The fourth-order valence-electron chi connectivity index (χ4n) is 2.70. The summed E-state index contributed by atoms with van der Waals surface area (Å²) in [6, 6.07) is 7.41. The van der Waals surface area contributed by atoms with Crippen LogP contribution in [0.4, 0.5) is 14.5 Å². The Morgan fingerprint density at radius 1 is 1.12 bits per heavy atom. The maximum Gasteiger partial charge on any atom is 0.242 e. The lowest BCUT2D eigenvalue weighted by Gasteiger charge is -2.32. The SMILES string of the molecule is Nc1ccccc1C1CCCCC1C(F)F. The van der Waals surface area contributed by atoms with Crippen molar-refractivity contribution in [3.05, 3.63) is 29.8 Å². The van der Waals surface area contributed by atoms with Crippen molar-refractivity contribution in [2.45, 2.75) is 38.0 Å². The Morgan fingerprint density at radius 2 is 1.81 bits per heavy atom. The highest BCUT2D eigenvalue weighted by molar-refractivity contribution is 5.48. The van der Waals surface area contributed by atoms with Crippen LogP contribution in [0.2, 0.25) is 0 Å². The van der Waals surface area contributed by atoms with E-state index in [9.17, 15) is 8.78 Å². The highest BCUT2D eigenvalue weighted by Crippen LogP contribution is 2.42. The molecule has 0 aromatic heterocycles. The average Bonchev–Trinajstić information content (AvgIpc) is 2.29. The first-order valence-corrected chi connectivity index (χ1v) is 5.82. The van der Waals surface area contributed by atoms with Crippen molar-refractivity contribution in [2.24, 2.45) is 5.92 Å². The summed E-state index contributed by atoms with van der Waals surface area (Å²) in [5.74, 6) is -0.576. The molecular weight excluding hydrogens is 208 g/mol. The smallest absolute Gasteiger partial charge is 0.242 e. The van der Waals surface area contributed by atoms with E-state index in [4.69, 9.17) is 5.73 Å². The van der Waals surface area contributed by atoms with E-state index in [0.717, 1.165) is 24.8 Å². The van der Waals surface area contributed by atoms with Crippen LogP contribution in [-0.2, 0) is 0 Å². The summed E-state index contributed by atoms with van der Waals surface area (Å²) in [6.45, 7) is 0. The molecule has 2 atom stereocenters. The van der Waals surface area contributed by atoms with Crippen LogP contribution in [0.3, 0.4) is 0 Å². The number of anilines is 1. The molecular formula is C13H17F2N. The lowest BCUT2D eigenvalue weighted by atomic mass is 9.75. The molecule has 2 rings (SSSR count). The van der Waals surface area contributed by atoms with Crippen molar-refractivity contribution in [1.29, 1.82) is 0 Å². The van der Waals surface area contributed by atoms with Gasteiger partial charge < -0.3 is 5.73 Å². The van der Waals surface area contributed by atoms with Gasteiger partial charge in [-0.05, 0) is 30.4 Å². The Balaban J connectivity index is 2.27. The van der Waals surface area contributed by atoms with Crippen molar-refractivity contribution in [1.82, 2.24) is 0 Å². The Bertz CT molecular complexity index is 352. The molecule has 1 nitrogen and oxygen atoms in total. The largest absolute Gasteiger partial charge is 0.398 e. The molecule has 1 saturated carbocycles. The minimum Gasteiger partial charge on any atom is -0.398 e. The minimum absolute atomic E-state index is 0.0602. The van der Waals surface area contributed by atoms with E-state index in [1.165, 1.54) is 0 Å². The molecule has 2 N–H and O–H groups in total. The number of hydrogen-bond donors (Lipinski definition) is 1. The van der Waals surface area contributed by atoms with Crippen molar-refractivity contribution in [2.75, 3.05) is 5.73 Å². The summed E-state index contributed by atoms with van der Waals surface area (Å²) < 4.78 is 25.9. The quantitative estimate of drug-likeness (QED) is 0.761. The number of hydrogen-bond acceptors (Lipinski definition) is 1. The van der Waals surface area contributed by atoms with Gasteiger partial charge in [-0.1, -0.05) is 31.0 Å². The van der Waals surface area contributed by atoms with Crippen molar-refractivity contribution in [3.8, 4) is 0 Å². The fourth-order valence-corrected chi connectivity index (χ4v) is 2.70. The molecule has 0 saturated heterocycles. The van der Waals surface area contributed by atoms with Crippen LogP contribution in [0.25, 0.3) is 0 Å². The second kappa shape index (κ2) is 4.81. The van der Waals surface area contributed by atoms with Gasteiger partial charge in [0.2, 0.25) is 6.43 Å². The zero-order valence-electron chi connectivity index (χ0n) is 9.20. The zero-order chi connectivity index (χ0) is 11.5. The second-order valence-corrected chi connectivity index (χ2v) is 4.52. The number of halogens is 2. The lowest BCUT2D eigenvalue weighted by molar-refractivity contribution is 0.0432. The van der Waals surface area contributed by atoms with E-state index < -0.39 is 12.3 Å². The van der Waals surface area contributed by atoms with Crippen LogP contribution >= 0.6 is 0 Å². The van der Waals surface area contributed by atoms with Gasteiger partial charge in [0.05, 0.1) is 0 Å². The molecule has 1 aromatic rings. The molecule has 2 unspecified atom stereocenters. The van der Waals surface area contributed by atoms with Gasteiger partial charge in [0.1, 0.15) is 0 Å². The van der Waals surface area contributed by atoms with Gasteiger partial charge in [0.25, 0.3) is 0 Å². The van der Waals surface area contributed by atoms with Gasteiger partial charge in [-0.2, -0.15) is 0 Å². The van der Waals surface area contributed by atoms with Crippen molar-refractivity contribution in [3.63, 3.8) is 0 Å². The second-order valence-electron chi connectivity index (χ2n) is 4.52. The topological polar surface area (TPSA) is 26.0 Å². The Morgan fingerprint density at radius 3 is 2.50 bits per heavy atom. The molecule has 16 heavy (non-hydrogen) atoms. The highest BCUT2D eigenvalue weighted by atomic mass is 19.3. The summed E-state index contributed by atoms with van der Waals surface area (Å²) in [5, 5.41) is 0. The first kappa shape index (κ1) is 11.4. The van der Waals surface area contributed by atoms with Crippen LogP contribution < -0.4 is 5.73 Å². The summed E-state index contributed by atoms with van der Waals surface area (Å²) in [6.07, 6.45) is 1.17. The Labute approximate surface area is 94.7 Å². The normalized spacial score (nSPS) is 25.9. The number of nitrogens with two attached hydrogens (primary N) is 1. The number of alkyl halides is 2. The monoisotopic (exact) mass is 225 g/mol. The van der Waals surface area contributed by atoms with E-state index in [1.54, 1.807) is 6.07 Å². The summed E-state index contributed by atoms with van der Waals surface area (Å²) in [4.78, 5) is 0. The number of para-hydroxylation sites is 1. The molecule has 0 radical (unpaired) electrons. The van der Waals surface area contributed by atoms with E-state index in [1.807, 2.05) is 18.2 Å². The number of benzene rings is 1. The predicted molar refractivity (Wildman–Crippen MR) is 61.6 cm³/mol. The van der Waals surface area contributed by atoms with E-state index in [-0.39, 0.29) is 5.92 Å². The molecule has 0 aliphatic heterocycles. The van der Waals surface area contributed by atoms with E-state index in [0.29, 0.717) is 12.1 Å². The molecule has 0 bridgehead atoms. The third-order valence-corrected chi connectivity index (χ3v) is 3.54. The van der Waals surface area contributed by atoms with Crippen molar-refractivity contribution >= 4 is 5.69 Å². The maximum absolute atomic E-state index is 12.9. The number of rotatable bonds is 2. The summed E-state index contributed by atoms with van der Waals surface area (Å²) in [5.41, 5.74) is 7.43. The third kappa shape index (κ3) is 2.18. The molecule has 0 spiro atoms. The molecule has 1 fully saturated rings. The van der Waals surface area contributed by atoms with E-state index in [2.05, 4.69) is 0 Å². The number of nitrogen functional groups attached to an aromatic ring is 1. The molecule has 88 valence electrons. The van der Waals surface area contributed by atoms with Crippen LogP contribution in [0.5, 0.6) is 0 Å². The molecule has 1 aliphatic carbocycles.